The van der Waals surface area contributed by atoms with Crippen LogP contribution in [0.2, 0.25) is 0 Å². The lowest BCUT2D eigenvalue weighted by Gasteiger charge is -2.15. The number of anilines is 1. The molecule has 0 fully saturated rings. The number of sulfonamides is 1. The molecule has 0 saturated heterocycles. The highest BCUT2D eigenvalue weighted by Crippen LogP contribution is 2.46. The molecule has 0 radical (unpaired) electrons. The van der Waals surface area contributed by atoms with Gasteiger partial charge < -0.3 is 9.47 Å². The molecule has 10 heteroatoms. The standard InChI is InChI=1S/C32H30N2O7S/c1-4-40-28-24-13-9-10-14-25(24)29(41-5-2)27-26(28)31(36)34(32(27)37)23-17-15-21(16-18-23)19-42(38,39)33-30(35)20(3)22-11-7-6-8-12-22/h6-18,20H,4-5,19H2,1-3H3,(H,33,35). The summed E-state index contributed by atoms with van der Waals surface area (Å²) in [6, 6.07) is 22.2. The summed E-state index contributed by atoms with van der Waals surface area (Å²) < 4.78 is 39.5. The predicted octanol–water partition coefficient (Wildman–Crippen LogP) is 5.19. The van der Waals surface area contributed by atoms with Gasteiger partial charge in [0.05, 0.1) is 41.7 Å². The lowest BCUT2D eigenvalue weighted by molar-refractivity contribution is -0.120. The first-order valence-corrected chi connectivity index (χ1v) is 15.2. The molecule has 0 spiro atoms. The van der Waals surface area contributed by atoms with Gasteiger partial charge in [0.15, 0.2) is 0 Å². The topological polar surface area (TPSA) is 119 Å². The number of imide groups is 1. The van der Waals surface area contributed by atoms with Crippen molar-refractivity contribution in [2.45, 2.75) is 32.4 Å². The third-order valence-corrected chi connectivity index (χ3v) is 8.26. The highest BCUT2D eigenvalue weighted by atomic mass is 32.2. The Morgan fingerprint density at radius 3 is 1.79 bits per heavy atom. The van der Waals surface area contributed by atoms with Gasteiger partial charge in [0.2, 0.25) is 15.9 Å². The van der Waals surface area contributed by atoms with E-state index in [0.717, 1.165) is 4.90 Å². The van der Waals surface area contributed by atoms with E-state index in [1.807, 2.05) is 30.3 Å². The van der Waals surface area contributed by atoms with E-state index < -0.39 is 39.4 Å². The van der Waals surface area contributed by atoms with E-state index in [1.54, 1.807) is 45.0 Å². The molecule has 1 N–H and O–H groups in total. The predicted molar refractivity (Wildman–Crippen MR) is 159 cm³/mol. The van der Waals surface area contributed by atoms with E-state index in [-0.39, 0.29) is 30.0 Å². The Balaban J connectivity index is 1.41. The Labute approximate surface area is 244 Å². The van der Waals surface area contributed by atoms with Crippen molar-refractivity contribution >= 4 is 44.2 Å². The van der Waals surface area contributed by atoms with Gasteiger partial charge in [-0.1, -0.05) is 66.7 Å². The lowest BCUT2D eigenvalue weighted by Crippen LogP contribution is -2.34. The maximum atomic E-state index is 13.7. The summed E-state index contributed by atoms with van der Waals surface area (Å²) in [4.78, 5) is 41.1. The van der Waals surface area contributed by atoms with Crippen LogP contribution in [0.4, 0.5) is 5.69 Å². The average Bonchev–Trinajstić information content (AvgIpc) is 3.24. The first kappa shape index (κ1) is 28.8. The van der Waals surface area contributed by atoms with Crippen LogP contribution in [0.3, 0.4) is 0 Å². The normalized spacial score (nSPS) is 13.6. The molecule has 5 rings (SSSR count). The van der Waals surface area contributed by atoms with E-state index in [1.165, 1.54) is 24.3 Å². The molecule has 42 heavy (non-hydrogen) atoms. The number of ether oxygens (including phenoxy) is 2. The Kier molecular flexibility index (Phi) is 8.00. The third kappa shape index (κ3) is 5.33. The van der Waals surface area contributed by atoms with Crippen LogP contribution in [0.5, 0.6) is 11.5 Å². The number of nitrogens with one attached hydrogen (secondary N) is 1. The Morgan fingerprint density at radius 1 is 0.786 bits per heavy atom. The van der Waals surface area contributed by atoms with Gasteiger partial charge in [-0.15, -0.1) is 0 Å². The minimum absolute atomic E-state index is 0.130. The summed E-state index contributed by atoms with van der Waals surface area (Å²) in [6.07, 6.45) is 0. The molecule has 0 aromatic heterocycles. The molecular weight excluding hydrogens is 556 g/mol. The van der Waals surface area contributed by atoms with Crippen LogP contribution in [-0.2, 0) is 20.6 Å². The molecule has 9 nitrogen and oxygen atoms in total. The summed E-state index contributed by atoms with van der Waals surface area (Å²) in [5, 5.41) is 1.32. The largest absolute Gasteiger partial charge is 0.492 e. The van der Waals surface area contributed by atoms with Gasteiger partial charge in [-0.25, -0.2) is 13.3 Å². The number of nitrogens with zero attached hydrogens (tertiary/aromatic N) is 1. The van der Waals surface area contributed by atoms with Crippen molar-refractivity contribution in [1.29, 1.82) is 0 Å². The molecule has 1 unspecified atom stereocenters. The number of fused-ring (bicyclic) bond motifs is 2. The fraction of sp³-hybridized carbons (Fsp3) is 0.219. The maximum Gasteiger partial charge on any atom is 0.270 e. The second-order valence-corrected chi connectivity index (χ2v) is 11.5. The van der Waals surface area contributed by atoms with Crippen molar-refractivity contribution in [3.63, 3.8) is 0 Å². The number of benzene rings is 4. The molecule has 3 amide bonds. The number of amides is 3. The summed E-state index contributed by atoms with van der Waals surface area (Å²) in [6.45, 7) is 5.81. The van der Waals surface area contributed by atoms with Crippen molar-refractivity contribution in [1.82, 2.24) is 4.72 Å². The smallest absolute Gasteiger partial charge is 0.270 e. The summed E-state index contributed by atoms with van der Waals surface area (Å²) in [5.41, 5.74) is 1.59. The number of carbonyl (C=O) groups is 3. The Morgan fingerprint density at radius 2 is 1.29 bits per heavy atom. The fourth-order valence-electron chi connectivity index (χ4n) is 5.05. The highest BCUT2D eigenvalue weighted by Gasteiger charge is 2.43. The first-order chi connectivity index (χ1) is 20.2. The Bertz CT molecular complexity index is 1720. The van der Waals surface area contributed by atoms with Crippen LogP contribution in [0.1, 0.15) is 58.5 Å². The number of rotatable bonds is 10. The first-order valence-electron chi connectivity index (χ1n) is 13.6. The van der Waals surface area contributed by atoms with E-state index in [2.05, 4.69) is 4.72 Å². The van der Waals surface area contributed by atoms with Crippen molar-refractivity contribution in [3.05, 3.63) is 101 Å². The van der Waals surface area contributed by atoms with Crippen LogP contribution in [0, 0.1) is 0 Å². The molecule has 1 aliphatic rings. The summed E-state index contributed by atoms with van der Waals surface area (Å²) >= 11 is 0. The van der Waals surface area contributed by atoms with Crippen LogP contribution in [0.15, 0.2) is 78.9 Å². The molecule has 1 heterocycles. The monoisotopic (exact) mass is 586 g/mol. The van der Waals surface area contributed by atoms with Gasteiger partial charge in [-0.2, -0.15) is 0 Å². The van der Waals surface area contributed by atoms with Gasteiger partial charge in [0, 0.05) is 10.8 Å². The minimum atomic E-state index is -4.01. The third-order valence-electron chi connectivity index (χ3n) is 7.03. The zero-order valence-corrected chi connectivity index (χ0v) is 24.2. The second kappa shape index (κ2) is 11.7. The van der Waals surface area contributed by atoms with Crippen LogP contribution in [0.25, 0.3) is 10.8 Å². The van der Waals surface area contributed by atoms with Gasteiger partial charge >= 0.3 is 0 Å². The van der Waals surface area contributed by atoms with Crippen LogP contribution in [-0.4, -0.2) is 39.4 Å². The zero-order valence-electron chi connectivity index (χ0n) is 23.4. The number of carbonyl (C=O) groups excluding carboxylic acids is 3. The molecule has 0 aliphatic carbocycles. The molecule has 216 valence electrons. The van der Waals surface area contributed by atoms with E-state index in [4.69, 9.17) is 9.47 Å². The Hall–Kier alpha value is -4.70. The van der Waals surface area contributed by atoms with Crippen molar-refractivity contribution in [2.24, 2.45) is 0 Å². The van der Waals surface area contributed by atoms with E-state index >= 15 is 0 Å². The number of hydrogen-bond donors (Lipinski definition) is 1. The van der Waals surface area contributed by atoms with Crippen LogP contribution >= 0.6 is 0 Å². The fourth-order valence-corrected chi connectivity index (χ4v) is 6.24. The van der Waals surface area contributed by atoms with Crippen molar-refractivity contribution < 1.29 is 32.3 Å². The van der Waals surface area contributed by atoms with Crippen molar-refractivity contribution in [2.75, 3.05) is 18.1 Å². The minimum Gasteiger partial charge on any atom is -0.492 e. The molecule has 4 aromatic carbocycles. The van der Waals surface area contributed by atoms with Gasteiger partial charge in [0.25, 0.3) is 11.8 Å². The second-order valence-electron chi connectivity index (χ2n) is 9.79. The van der Waals surface area contributed by atoms with E-state index in [9.17, 15) is 22.8 Å². The summed E-state index contributed by atoms with van der Waals surface area (Å²) in [7, 11) is -4.01. The molecular formula is C32H30N2O7S. The molecule has 1 aliphatic heterocycles. The van der Waals surface area contributed by atoms with Gasteiger partial charge in [0.1, 0.15) is 11.5 Å². The molecule has 4 aromatic rings. The van der Waals surface area contributed by atoms with Crippen LogP contribution < -0.4 is 19.1 Å². The molecule has 0 bridgehead atoms. The zero-order chi connectivity index (χ0) is 30.0. The summed E-state index contributed by atoms with van der Waals surface area (Å²) in [5.74, 6) is -2.24. The SMILES string of the molecule is CCOc1c2c(c(OCC)c3ccccc13)C(=O)N(c1ccc(CS(=O)(=O)NC(=O)C(C)c3ccccc3)cc1)C2=O. The van der Waals surface area contributed by atoms with Gasteiger partial charge in [-0.05, 0) is 44.0 Å². The highest BCUT2D eigenvalue weighted by molar-refractivity contribution is 7.89. The quantitative estimate of drug-likeness (QED) is 0.254. The number of hydrogen-bond acceptors (Lipinski definition) is 7. The molecule has 0 saturated carbocycles. The van der Waals surface area contributed by atoms with E-state index in [0.29, 0.717) is 33.4 Å². The molecule has 1 atom stereocenters. The maximum absolute atomic E-state index is 13.7. The average molecular weight is 587 g/mol. The van der Waals surface area contributed by atoms with Crippen molar-refractivity contribution in [3.8, 4) is 11.5 Å². The lowest BCUT2D eigenvalue weighted by atomic mass is 9.99. The van der Waals surface area contributed by atoms with Gasteiger partial charge in [-0.3, -0.25) is 19.1 Å².